The Kier molecular flexibility index (Phi) is 4.83. The Hall–Kier alpha value is -1.06. The van der Waals surface area contributed by atoms with Gasteiger partial charge in [-0.3, -0.25) is 0 Å². The molecule has 0 radical (unpaired) electrons. The first-order chi connectivity index (χ1) is 8.36. The molecule has 0 spiro atoms. The van der Waals surface area contributed by atoms with Crippen LogP contribution in [-0.2, 0) is 0 Å². The maximum Gasteiger partial charge on any atom is 0.0364 e. The van der Waals surface area contributed by atoms with E-state index in [0.29, 0.717) is 0 Å². The molecular weight excluding hydrogens is 210 g/mol. The summed E-state index contributed by atoms with van der Waals surface area (Å²) in [5.41, 5.74) is 1.31. The molecule has 0 unspecified atom stereocenters. The van der Waals surface area contributed by atoms with Gasteiger partial charge in [-0.25, -0.2) is 0 Å². The van der Waals surface area contributed by atoms with Crippen LogP contribution < -0.4 is 10.2 Å². The van der Waals surface area contributed by atoms with Crippen molar-refractivity contribution in [1.82, 2.24) is 10.2 Å². The molecule has 1 fully saturated rings. The van der Waals surface area contributed by atoms with Gasteiger partial charge in [0.15, 0.2) is 0 Å². The van der Waals surface area contributed by atoms with Gasteiger partial charge in [0.05, 0.1) is 0 Å². The SMILES string of the molecule is CN(CCN1CCCNCC1)c1ccccc1. The second-order valence-corrected chi connectivity index (χ2v) is 4.70. The van der Waals surface area contributed by atoms with E-state index in [1.54, 1.807) is 0 Å². The van der Waals surface area contributed by atoms with Crippen molar-refractivity contribution >= 4 is 5.69 Å². The van der Waals surface area contributed by atoms with Gasteiger partial charge in [-0.05, 0) is 31.6 Å². The van der Waals surface area contributed by atoms with E-state index >= 15 is 0 Å². The van der Waals surface area contributed by atoms with Crippen LogP contribution in [0.3, 0.4) is 0 Å². The van der Waals surface area contributed by atoms with Crippen molar-refractivity contribution in [2.24, 2.45) is 0 Å². The summed E-state index contributed by atoms with van der Waals surface area (Å²) < 4.78 is 0. The third kappa shape index (κ3) is 4.02. The highest BCUT2D eigenvalue weighted by atomic mass is 15.2. The van der Waals surface area contributed by atoms with Crippen LogP contribution in [0.15, 0.2) is 30.3 Å². The van der Waals surface area contributed by atoms with E-state index in [1.165, 1.54) is 31.7 Å². The molecule has 0 amide bonds. The van der Waals surface area contributed by atoms with Gasteiger partial charge in [-0.15, -0.1) is 0 Å². The average Bonchev–Trinajstić information content (AvgIpc) is 2.65. The Labute approximate surface area is 104 Å². The first-order valence-corrected chi connectivity index (χ1v) is 6.55. The maximum absolute atomic E-state index is 3.44. The molecule has 1 aliphatic rings. The number of anilines is 1. The summed E-state index contributed by atoms with van der Waals surface area (Å²) in [6, 6.07) is 10.6. The van der Waals surface area contributed by atoms with Crippen LogP contribution in [0, 0.1) is 0 Å². The third-order valence-corrected chi connectivity index (χ3v) is 3.38. The maximum atomic E-state index is 3.44. The molecule has 1 aliphatic heterocycles. The number of rotatable bonds is 4. The Balaban J connectivity index is 1.77. The first kappa shape index (κ1) is 12.4. The molecule has 0 bridgehead atoms. The highest BCUT2D eigenvalue weighted by Gasteiger charge is 2.09. The minimum Gasteiger partial charge on any atom is -0.373 e. The molecule has 3 nitrogen and oxygen atoms in total. The van der Waals surface area contributed by atoms with E-state index in [2.05, 4.69) is 52.5 Å². The Morgan fingerprint density at radius 1 is 1.18 bits per heavy atom. The lowest BCUT2D eigenvalue weighted by Crippen LogP contribution is -2.35. The summed E-state index contributed by atoms with van der Waals surface area (Å²) in [5, 5.41) is 3.44. The summed E-state index contributed by atoms with van der Waals surface area (Å²) in [7, 11) is 2.17. The summed E-state index contributed by atoms with van der Waals surface area (Å²) in [5.74, 6) is 0. The first-order valence-electron chi connectivity index (χ1n) is 6.55. The predicted molar refractivity (Wildman–Crippen MR) is 73.6 cm³/mol. The highest BCUT2D eigenvalue weighted by Crippen LogP contribution is 2.10. The highest BCUT2D eigenvalue weighted by molar-refractivity contribution is 5.44. The van der Waals surface area contributed by atoms with E-state index in [4.69, 9.17) is 0 Å². The zero-order chi connectivity index (χ0) is 11.9. The molecule has 2 rings (SSSR count). The fourth-order valence-electron chi connectivity index (χ4n) is 2.23. The van der Waals surface area contributed by atoms with Crippen molar-refractivity contribution in [1.29, 1.82) is 0 Å². The zero-order valence-electron chi connectivity index (χ0n) is 10.7. The number of hydrogen-bond donors (Lipinski definition) is 1. The molecule has 1 saturated heterocycles. The monoisotopic (exact) mass is 233 g/mol. The molecule has 0 aromatic heterocycles. The largest absolute Gasteiger partial charge is 0.373 e. The topological polar surface area (TPSA) is 18.5 Å². The van der Waals surface area contributed by atoms with Crippen LogP contribution in [0.5, 0.6) is 0 Å². The predicted octanol–water partition coefficient (Wildman–Crippen LogP) is 1.42. The molecule has 0 atom stereocenters. The van der Waals surface area contributed by atoms with Gasteiger partial charge in [0.2, 0.25) is 0 Å². The fraction of sp³-hybridized carbons (Fsp3) is 0.571. The van der Waals surface area contributed by atoms with Crippen molar-refractivity contribution < 1.29 is 0 Å². The number of nitrogens with zero attached hydrogens (tertiary/aromatic N) is 2. The van der Waals surface area contributed by atoms with Gasteiger partial charge < -0.3 is 15.1 Å². The lowest BCUT2D eigenvalue weighted by molar-refractivity contribution is 0.299. The molecule has 1 aromatic carbocycles. The van der Waals surface area contributed by atoms with Crippen molar-refractivity contribution in [3.63, 3.8) is 0 Å². The van der Waals surface area contributed by atoms with E-state index in [9.17, 15) is 0 Å². The molecule has 94 valence electrons. The van der Waals surface area contributed by atoms with E-state index in [1.807, 2.05) is 0 Å². The van der Waals surface area contributed by atoms with Gasteiger partial charge >= 0.3 is 0 Å². The average molecular weight is 233 g/mol. The number of para-hydroxylation sites is 1. The number of nitrogens with one attached hydrogen (secondary N) is 1. The quantitative estimate of drug-likeness (QED) is 0.848. The molecule has 1 heterocycles. The third-order valence-electron chi connectivity index (χ3n) is 3.38. The second-order valence-electron chi connectivity index (χ2n) is 4.70. The molecule has 17 heavy (non-hydrogen) atoms. The molecule has 1 aromatic rings. The number of hydrogen-bond acceptors (Lipinski definition) is 3. The normalized spacial score (nSPS) is 17.7. The molecule has 1 N–H and O–H groups in total. The van der Waals surface area contributed by atoms with E-state index in [0.717, 1.165) is 19.6 Å². The van der Waals surface area contributed by atoms with Crippen LogP contribution in [-0.4, -0.2) is 51.2 Å². The lowest BCUT2D eigenvalue weighted by Gasteiger charge is -2.25. The Bertz CT molecular complexity index is 305. The smallest absolute Gasteiger partial charge is 0.0364 e. The number of likely N-dealkylation sites (N-methyl/N-ethyl adjacent to an activating group) is 1. The Morgan fingerprint density at radius 2 is 2.00 bits per heavy atom. The van der Waals surface area contributed by atoms with Crippen LogP contribution in [0.4, 0.5) is 5.69 Å². The molecular formula is C14H23N3. The van der Waals surface area contributed by atoms with Gasteiger partial charge in [-0.1, -0.05) is 18.2 Å². The van der Waals surface area contributed by atoms with Gasteiger partial charge in [0.25, 0.3) is 0 Å². The lowest BCUT2D eigenvalue weighted by atomic mass is 10.3. The standard InChI is InChI=1S/C14H23N3/c1-16(14-6-3-2-4-7-14)12-13-17-10-5-8-15-9-11-17/h2-4,6-7,15H,5,8-13H2,1H3. The minimum atomic E-state index is 1.10. The Morgan fingerprint density at radius 3 is 2.82 bits per heavy atom. The van der Waals surface area contributed by atoms with Crippen molar-refractivity contribution in [2.45, 2.75) is 6.42 Å². The van der Waals surface area contributed by atoms with Crippen molar-refractivity contribution in [3.8, 4) is 0 Å². The minimum absolute atomic E-state index is 1.10. The number of benzene rings is 1. The summed E-state index contributed by atoms with van der Waals surface area (Å²) in [6.07, 6.45) is 1.27. The van der Waals surface area contributed by atoms with Gasteiger partial charge in [0, 0.05) is 38.9 Å². The van der Waals surface area contributed by atoms with Crippen molar-refractivity contribution in [3.05, 3.63) is 30.3 Å². The van der Waals surface area contributed by atoms with E-state index < -0.39 is 0 Å². The van der Waals surface area contributed by atoms with Gasteiger partial charge in [0.1, 0.15) is 0 Å². The molecule has 0 saturated carbocycles. The van der Waals surface area contributed by atoms with Crippen LogP contribution in [0.2, 0.25) is 0 Å². The van der Waals surface area contributed by atoms with Gasteiger partial charge in [-0.2, -0.15) is 0 Å². The van der Waals surface area contributed by atoms with Crippen LogP contribution in [0.1, 0.15) is 6.42 Å². The van der Waals surface area contributed by atoms with Crippen LogP contribution >= 0.6 is 0 Å². The molecule has 3 heteroatoms. The van der Waals surface area contributed by atoms with Crippen molar-refractivity contribution in [2.75, 3.05) is 51.2 Å². The summed E-state index contributed by atoms with van der Waals surface area (Å²) in [4.78, 5) is 4.89. The summed E-state index contributed by atoms with van der Waals surface area (Å²) >= 11 is 0. The fourth-order valence-corrected chi connectivity index (χ4v) is 2.23. The summed E-state index contributed by atoms with van der Waals surface area (Å²) in [6.45, 7) is 6.98. The molecule has 0 aliphatic carbocycles. The van der Waals surface area contributed by atoms with Crippen LogP contribution in [0.25, 0.3) is 0 Å². The zero-order valence-corrected chi connectivity index (χ0v) is 10.7. The van der Waals surface area contributed by atoms with E-state index in [-0.39, 0.29) is 0 Å². The second kappa shape index (κ2) is 6.62.